The van der Waals surface area contributed by atoms with Crippen molar-refractivity contribution in [1.82, 2.24) is 19.7 Å². The fourth-order valence-electron chi connectivity index (χ4n) is 3.44. The highest BCUT2D eigenvalue weighted by Gasteiger charge is 2.37. The van der Waals surface area contributed by atoms with Gasteiger partial charge in [-0.25, -0.2) is 23.2 Å². The fourth-order valence-corrected chi connectivity index (χ4v) is 3.76. The summed E-state index contributed by atoms with van der Waals surface area (Å²) in [7, 11) is 0. The average Bonchev–Trinajstić information content (AvgIpc) is 3.25. The summed E-state index contributed by atoms with van der Waals surface area (Å²) >= 11 is 2.93. The molecule has 1 aromatic heterocycles. The third-order valence-corrected chi connectivity index (χ3v) is 5.58. The quantitative estimate of drug-likeness (QED) is 0.762. The SMILES string of the molecule is O=C(C1CC1)N1CCC(Cc2n[nH]c(=O)n2-c2cc(F)c(Br)cc2F)C1. The Hall–Kier alpha value is -2.03. The number of nitrogens with one attached hydrogen (secondary N) is 1. The smallest absolute Gasteiger partial charge is 0.342 e. The minimum Gasteiger partial charge on any atom is -0.342 e. The van der Waals surface area contributed by atoms with Gasteiger partial charge < -0.3 is 4.90 Å². The van der Waals surface area contributed by atoms with Gasteiger partial charge in [0.2, 0.25) is 5.91 Å². The van der Waals surface area contributed by atoms with Crippen molar-refractivity contribution in [1.29, 1.82) is 0 Å². The second-order valence-electron chi connectivity index (χ2n) is 6.92. The van der Waals surface area contributed by atoms with Gasteiger partial charge in [0.15, 0.2) is 0 Å². The molecule has 0 spiro atoms. The molecule has 0 radical (unpaired) electrons. The van der Waals surface area contributed by atoms with Gasteiger partial charge in [0.1, 0.15) is 17.5 Å². The molecule has 1 aliphatic carbocycles. The van der Waals surface area contributed by atoms with Gasteiger partial charge in [-0.3, -0.25) is 4.79 Å². The van der Waals surface area contributed by atoms with E-state index in [0.29, 0.717) is 25.3 Å². The number of hydrogen-bond donors (Lipinski definition) is 1. The summed E-state index contributed by atoms with van der Waals surface area (Å²) in [4.78, 5) is 26.1. The molecule has 6 nitrogen and oxygen atoms in total. The first-order chi connectivity index (χ1) is 12.4. The Morgan fingerprint density at radius 3 is 2.77 bits per heavy atom. The van der Waals surface area contributed by atoms with Crippen LogP contribution < -0.4 is 5.69 Å². The number of amides is 1. The van der Waals surface area contributed by atoms with Crippen molar-refractivity contribution in [3.05, 3.63) is 44.5 Å². The molecule has 1 unspecified atom stereocenters. The number of benzene rings is 1. The first kappa shape index (κ1) is 17.4. The number of H-pyrrole nitrogens is 1. The highest BCUT2D eigenvalue weighted by molar-refractivity contribution is 9.10. The highest BCUT2D eigenvalue weighted by Crippen LogP contribution is 2.33. The van der Waals surface area contributed by atoms with Crippen molar-refractivity contribution in [3.63, 3.8) is 0 Å². The van der Waals surface area contributed by atoms with E-state index in [1.807, 2.05) is 4.90 Å². The molecule has 138 valence electrons. The predicted octanol–water partition coefficient (Wildman–Crippen LogP) is 2.40. The summed E-state index contributed by atoms with van der Waals surface area (Å²) in [6, 6.07) is 1.96. The van der Waals surface area contributed by atoms with Crippen molar-refractivity contribution >= 4 is 21.8 Å². The molecular formula is C17H17BrF2N4O2. The van der Waals surface area contributed by atoms with Gasteiger partial charge in [0.05, 0.1) is 10.2 Å². The molecule has 1 saturated carbocycles. The van der Waals surface area contributed by atoms with Gasteiger partial charge in [-0.05, 0) is 47.2 Å². The average molecular weight is 427 g/mol. The molecule has 0 bridgehead atoms. The highest BCUT2D eigenvalue weighted by atomic mass is 79.9. The Kier molecular flexibility index (Phi) is 4.42. The molecule has 1 saturated heterocycles. The van der Waals surface area contributed by atoms with Crippen molar-refractivity contribution in [2.75, 3.05) is 13.1 Å². The molecular weight excluding hydrogens is 410 g/mol. The zero-order chi connectivity index (χ0) is 18.4. The maximum atomic E-state index is 14.3. The van der Waals surface area contributed by atoms with Gasteiger partial charge in [0.25, 0.3) is 0 Å². The van der Waals surface area contributed by atoms with Crippen LogP contribution >= 0.6 is 15.9 Å². The number of rotatable bonds is 4. The molecule has 1 amide bonds. The number of aromatic amines is 1. The van der Waals surface area contributed by atoms with E-state index < -0.39 is 17.3 Å². The summed E-state index contributed by atoms with van der Waals surface area (Å²) in [6.07, 6.45) is 3.14. The summed E-state index contributed by atoms with van der Waals surface area (Å²) in [5.74, 6) is -0.538. The third kappa shape index (κ3) is 3.20. The van der Waals surface area contributed by atoms with Gasteiger partial charge in [0, 0.05) is 31.5 Å². The fraction of sp³-hybridized carbons (Fsp3) is 0.471. The lowest BCUT2D eigenvalue weighted by molar-refractivity contribution is -0.131. The van der Waals surface area contributed by atoms with Crippen LogP contribution in [0.4, 0.5) is 8.78 Å². The van der Waals surface area contributed by atoms with Gasteiger partial charge in [-0.15, -0.1) is 0 Å². The lowest BCUT2D eigenvalue weighted by Crippen LogP contribution is -2.30. The minimum atomic E-state index is -0.722. The molecule has 1 atom stereocenters. The van der Waals surface area contributed by atoms with Crippen LogP contribution in [0.5, 0.6) is 0 Å². The molecule has 26 heavy (non-hydrogen) atoms. The van der Waals surface area contributed by atoms with E-state index in [0.717, 1.165) is 36.0 Å². The lowest BCUT2D eigenvalue weighted by Gasteiger charge is -2.16. The van der Waals surface area contributed by atoms with E-state index in [4.69, 9.17) is 0 Å². The summed E-state index contributed by atoms with van der Waals surface area (Å²) < 4.78 is 29.2. The molecule has 2 heterocycles. The molecule has 1 aliphatic heterocycles. The Balaban J connectivity index is 1.57. The molecule has 4 rings (SSSR count). The van der Waals surface area contributed by atoms with Crippen LogP contribution in [0.2, 0.25) is 0 Å². The molecule has 9 heteroatoms. The summed E-state index contributed by atoms with van der Waals surface area (Å²) in [6.45, 7) is 1.30. The van der Waals surface area contributed by atoms with Crippen LogP contribution in [0.1, 0.15) is 25.1 Å². The largest absolute Gasteiger partial charge is 0.348 e. The van der Waals surface area contributed by atoms with Crippen LogP contribution in [0, 0.1) is 23.5 Å². The van der Waals surface area contributed by atoms with Gasteiger partial charge >= 0.3 is 5.69 Å². The van der Waals surface area contributed by atoms with E-state index in [-0.39, 0.29) is 27.9 Å². The topological polar surface area (TPSA) is 71.0 Å². The van der Waals surface area contributed by atoms with Crippen LogP contribution in [0.25, 0.3) is 5.69 Å². The monoisotopic (exact) mass is 426 g/mol. The predicted molar refractivity (Wildman–Crippen MR) is 92.9 cm³/mol. The standard InChI is InChI=1S/C17H17BrF2N4O2/c18-11-6-13(20)14(7-12(11)19)24-15(21-22-17(24)26)5-9-3-4-23(8-9)16(25)10-1-2-10/h6-7,9-10H,1-5,8H2,(H,22,26). The van der Waals surface area contributed by atoms with Crippen LogP contribution in [0.15, 0.2) is 21.4 Å². The zero-order valence-corrected chi connectivity index (χ0v) is 15.4. The zero-order valence-electron chi connectivity index (χ0n) is 13.8. The van der Waals surface area contributed by atoms with Crippen LogP contribution in [-0.4, -0.2) is 38.7 Å². The van der Waals surface area contributed by atoms with Crippen molar-refractivity contribution in [2.45, 2.75) is 25.7 Å². The Labute approximate surface area is 156 Å². The van der Waals surface area contributed by atoms with Crippen molar-refractivity contribution < 1.29 is 13.6 Å². The molecule has 1 aromatic carbocycles. The number of likely N-dealkylation sites (tertiary alicyclic amines) is 1. The molecule has 1 N–H and O–H groups in total. The van der Waals surface area contributed by atoms with Crippen molar-refractivity contribution in [2.24, 2.45) is 11.8 Å². The minimum absolute atomic E-state index is 0.0122. The Morgan fingerprint density at radius 2 is 2.04 bits per heavy atom. The number of hydrogen-bond acceptors (Lipinski definition) is 3. The molecule has 2 aromatic rings. The maximum absolute atomic E-state index is 14.3. The molecule has 2 fully saturated rings. The van der Waals surface area contributed by atoms with E-state index in [1.54, 1.807) is 0 Å². The number of halogens is 3. The first-order valence-corrected chi connectivity index (χ1v) is 9.33. The van der Waals surface area contributed by atoms with Gasteiger partial charge in [-0.1, -0.05) is 0 Å². The number of carbonyl (C=O) groups excluding carboxylic acids is 1. The van der Waals surface area contributed by atoms with Crippen LogP contribution in [-0.2, 0) is 11.2 Å². The normalized spacial score (nSPS) is 20.0. The first-order valence-electron chi connectivity index (χ1n) is 8.54. The number of nitrogens with zero attached hydrogens (tertiary/aromatic N) is 3. The Bertz CT molecular complexity index is 922. The lowest BCUT2D eigenvalue weighted by atomic mass is 10.0. The maximum Gasteiger partial charge on any atom is 0.348 e. The summed E-state index contributed by atoms with van der Waals surface area (Å²) in [5, 5.41) is 6.30. The van der Waals surface area contributed by atoms with Crippen LogP contribution in [0.3, 0.4) is 0 Å². The van der Waals surface area contributed by atoms with Gasteiger partial charge in [-0.2, -0.15) is 5.10 Å². The molecule has 2 aliphatic rings. The second-order valence-corrected chi connectivity index (χ2v) is 7.77. The second kappa shape index (κ2) is 6.61. The van der Waals surface area contributed by atoms with Crippen molar-refractivity contribution in [3.8, 4) is 5.69 Å². The third-order valence-electron chi connectivity index (χ3n) is 4.97. The number of aromatic nitrogens is 3. The van der Waals surface area contributed by atoms with E-state index in [2.05, 4.69) is 26.1 Å². The van der Waals surface area contributed by atoms with E-state index >= 15 is 0 Å². The summed E-state index contributed by atoms with van der Waals surface area (Å²) in [5.41, 5.74) is -0.798. The van der Waals surface area contributed by atoms with E-state index in [1.165, 1.54) is 0 Å². The Morgan fingerprint density at radius 1 is 1.27 bits per heavy atom. The number of carbonyl (C=O) groups is 1. The van der Waals surface area contributed by atoms with E-state index in [9.17, 15) is 18.4 Å².